The second-order valence-electron chi connectivity index (χ2n) is 6.19. The molecule has 1 saturated carbocycles. The zero-order valence-corrected chi connectivity index (χ0v) is 16.9. The maximum atomic E-state index is 12.4. The number of carbonyl (C=O) groups is 2. The molecule has 0 unspecified atom stereocenters. The number of carbonyl (C=O) groups excluding carboxylic acids is 2. The minimum Gasteiger partial charge on any atom is -0.405 e. The summed E-state index contributed by atoms with van der Waals surface area (Å²) in [6.45, 7) is 1.37. The number of nitrogens with one attached hydrogen (secondary N) is 1. The minimum absolute atomic E-state index is 0.0143. The van der Waals surface area contributed by atoms with Crippen molar-refractivity contribution in [2.75, 3.05) is 10.7 Å². The minimum atomic E-state index is -4.81. The second kappa shape index (κ2) is 8.99. The highest BCUT2D eigenvalue weighted by Gasteiger charge is 2.34. The van der Waals surface area contributed by atoms with Crippen LogP contribution in [0.3, 0.4) is 0 Å². The highest BCUT2D eigenvalue weighted by atomic mass is 32.2. The van der Waals surface area contributed by atoms with Gasteiger partial charge in [-0.05, 0) is 18.9 Å². The first-order valence-electron chi connectivity index (χ1n) is 8.59. The molecular formula is C17H17F3N4O3S2. The van der Waals surface area contributed by atoms with Gasteiger partial charge >= 0.3 is 6.36 Å². The van der Waals surface area contributed by atoms with E-state index in [1.165, 1.54) is 36.5 Å². The monoisotopic (exact) mass is 446 g/mol. The molecule has 0 spiro atoms. The summed E-state index contributed by atoms with van der Waals surface area (Å²) in [5, 5.41) is 11.1. The molecule has 1 N–H and O–H groups in total. The number of alkyl halides is 3. The molecular weight excluding hydrogens is 429 g/mol. The quantitative estimate of drug-likeness (QED) is 0.495. The second-order valence-corrected chi connectivity index (χ2v) is 8.37. The Kier molecular flexibility index (Phi) is 6.63. The molecule has 1 heterocycles. The van der Waals surface area contributed by atoms with Crippen LogP contribution in [0, 0.1) is 0 Å². The Balaban J connectivity index is 1.51. The third kappa shape index (κ3) is 6.32. The first-order valence-corrected chi connectivity index (χ1v) is 10.4. The number of anilines is 1. The van der Waals surface area contributed by atoms with Gasteiger partial charge in [-0.1, -0.05) is 41.3 Å². The molecule has 7 nitrogen and oxygen atoms in total. The molecule has 12 heteroatoms. The highest BCUT2D eigenvalue weighted by Crippen LogP contribution is 2.35. The van der Waals surface area contributed by atoms with Crippen molar-refractivity contribution in [1.29, 1.82) is 0 Å². The summed E-state index contributed by atoms with van der Waals surface area (Å²) < 4.78 is 41.8. The molecule has 1 fully saturated rings. The Morgan fingerprint density at radius 3 is 2.69 bits per heavy atom. The largest absolute Gasteiger partial charge is 0.573 e. The molecule has 29 heavy (non-hydrogen) atoms. The lowest BCUT2D eigenvalue weighted by atomic mass is 10.2. The Labute approximate surface area is 172 Å². The lowest BCUT2D eigenvalue weighted by molar-refractivity contribution is -0.274. The van der Waals surface area contributed by atoms with Gasteiger partial charge in [0.15, 0.2) is 4.34 Å². The Morgan fingerprint density at radius 2 is 2.03 bits per heavy atom. The van der Waals surface area contributed by atoms with Crippen molar-refractivity contribution in [3.63, 3.8) is 0 Å². The van der Waals surface area contributed by atoms with E-state index in [9.17, 15) is 22.8 Å². The van der Waals surface area contributed by atoms with Gasteiger partial charge in [0.05, 0.1) is 5.75 Å². The molecule has 2 aromatic rings. The van der Waals surface area contributed by atoms with E-state index in [4.69, 9.17) is 0 Å². The summed E-state index contributed by atoms with van der Waals surface area (Å²) in [6, 6.07) is 5.78. The van der Waals surface area contributed by atoms with Crippen LogP contribution in [-0.4, -0.2) is 40.2 Å². The molecule has 0 atom stereocenters. The van der Waals surface area contributed by atoms with Gasteiger partial charge in [0.25, 0.3) is 0 Å². The van der Waals surface area contributed by atoms with E-state index < -0.39 is 6.36 Å². The number of hydrogen-bond donors (Lipinski definition) is 1. The average molecular weight is 446 g/mol. The van der Waals surface area contributed by atoms with Crippen molar-refractivity contribution in [1.82, 2.24) is 15.5 Å². The van der Waals surface area contributed by atoms with Gasteiger partial charge in [-0.15, -0.1) is 23.4 Å². The Bertz CT molecular complexity index is 887. The van der Waals surface area contributed by atoms with Crippen LogP contribution in [0.2, 0.25) is 0 Å². The van der Waals surface area contributed by atoms with Crippen LogP contribution in [0.1, 0.15) is 25.3 Å². The number of ether oxygens (including phenoxy) is 1. The number of aromatic nitrogens is 2. The number of nitrogens with zero attached hydrogens (tertiary/aromatic N) is 3. The van der Waals surface area contributed by atoms with Crippen LogP contribution in [0.4, 0.5) is 18.3 Å². The molecule has 156 valence electrons. The maximum Gasteiger partial charge on any atom is 0.573 e. The smallest absolute Gasteiger partial charge is 0.405 e. The third-order valence-corrected chi connectivity index (χ3v) is 5.91. The van der Waals surface area contributed by atoms with Gasteiger partial charge < -0.3 is 10.1 Å². The van der Waals surface area contributed by atoms with Crippen molar-refractivity contribution in [2.24, 2.45) is 0 Å². The third-order valence-electron chi connectivity index (χ3n) is 3.85. The number of halogens is 3. The van der Waals surface area contributed by atoms with Gasteiger partial charge in [0, 0.05) is 25.1 Å². The van der Waals surface area contributed by atoms with Gasteiger partial charge in [-0.25, -0.2) is 0 Å². The summed E-state index contributed by atoms with van der Waals surface area (Å²) in [4.78, 5) is 25.4. The highest BCUT2D eigenvalue weighted by molar-refractivity contribution is 8.01. The summed E-state index contributed by atoms with van der Waals surface area (Å²) in [5.41, 5.74) is 0.211. The van der Waals surface area contributed by atoms with E-state index in [-0.39, 0.29) is 41.5 Å². The molecule has 0 saturated heterocycles. The summed E-state index contributed by atoms with van der Waals surface area (Å²) in [6.07, 6.45) is -2.94. The molecule has 1 aliphatic carbocycles. The van der Waals surface area contributed by atoms with Crippen LogP contribution in [0.25, 0.3) is 0 Å². The standard InChI is InChI=1S/C17H17F3N4O3S2/c1-10(25)24(12-6-7-12)15-22-23-16(29-15)28-9-14(26)21-8-11-4-2-3-5-13(11)27-17(18,19)20/h2-5,12H,6-9H2,1H3,(H,21,26). The van der Waals surface area contributed by atoms with Crippen molar-refractivity contribution in [3.8, 4) is 5.75 Å². The molecule has 0 radical (unpaired) electrons. The van der Waals surface area contributed by atoms with Crippen molar-refractivity contribution < 1.29 is 27.5 Å². The summed E-state index contributed by atoms with van der Waals surface area (Å²) >= 11 is 2.37. The summed E-state index contributed by atoms with van der Waals surface area (Å²) in [7, 11) is 0. The molecule has 1 aliphatic rings. The first kappa shape index (κ1) is 21.4. The number of thioether (sulfide) groups is 1. The van der Waals surface area contributed by atoms with E-state index in [1.54, 1.807) is 11.0 Å². The molecule has 2 amide bonds. The average Bonchev–Trinajstić information content (AvgIpc) is 3.35. The lowest BCUT2D eigenvalue weighted by Crippen LogP contribution is -2.30. The van der Waals surface area contributed by atoms with Crippen molar-refractivity contribution in [3.05, 3.63) is 29.8 Å². The van der Waals surface area contributed by atoms with Crippen LogP contribution >= 0.6 is 23.1 Å². The topological polar surface area (TPSA) is 84.4 Å². The van der Waals surface area contributed by atoms with Gasteiger partial charge in [-0.2, -0.15) is 0 Å². The molecule has 1 aromatic carbocycles. The van der Waals surface area contributed by atoms with E-state index in [0.717, 1.165) is 24.6 Å². The Hall–Kier alpha value is -2.34. The van der Waals surface area contributed by atoms with Gasteiger partial charge in [0.1, 0.15) is 5.75 Å². The van der Waals surface area contributed by atoms with Gasteiger partial charge in [0.2, 0.25) is 16.9 Å². The van der Waals surface area contributed by atoms with Crippen LogP contribution in [-0.2, 0) is 16.1 Å². The van der Waals surface area contributed by atoms with Crippen molar-refractivity contribution in [2.45, 2.75) is 43.1 Å². The number of amides is 2. The normalized spacial score (nSPS) is 13.8. The molecule has 1 aromatic heterocycles. The fourth-order valence-electron chi connectivity index (χ4n) is 2.49. The molecule has 0 aliphatic heterocycles. The van der Waals surface area contributed by atoms with Crippen LogP contribution in [0.5, 0.6) is 5.75 Å². The van der Waals surface area contributed by atoms with E-state index >= 15 is 0 Å². The predicted molar refractivity (Wildman–Crippen MR) is 102 cm³/mol. The zero-order valence-electron chi connectivity index (χ0n) is 15.2. The fourth-order valence-corrected chi connectivity index (χ4v) is 4.27. The first-order chi connectivity index (χ1) is 13.7. The molecule has 3 rings (SSSR count). The number of benzene rings is 1. The van der Waals surface area contributed by atoms with E-state index in [2.05, 4.69) is 20.3 Å². The van der Waals surface area contributed by atoms with E-state index in [1.807, 2.05) is 0 Å². The fraction of sp³-hybridized carbons (Fsp3) is 0.412. The van der Waals surface area contributed by atoms with Crippen LogP contribution < -0.4 is 15.0 Å². The predicted octanol–water partition coefficient (Wildman–Crippen LogP) is 3.36. The summed E-state index contributed by atoms with van der Waals surface area (Å²) in [5.74, 6) is -0.816. The van der Waals surface area contributed by atoms with E-state index in [0.29, 0.717) is 9.47 Å². The zero-order chi connectivity index (χ0) is 21.0. The SMILES string of the molecule is CC(=O)N(c1nnc(SCC(=O)NCc2ccccc2OC(F)(F)F)s1)C1CC1. The number of rotatable bonds is 8. The molecule has 0 bridgehead atoms. The lowest BCUT2D eigenvalue weighted by Gasteiger charge is -2.15. The van der Waals surface area contributed by atoms with Crippen LogP contribution in [0.15, 0.2) is 28.6 Å². The van der Waals surface area contributed by atoms with Crippen molar-refractivity contribution >= 4 is 40.0 Å². The number of para-hydroxylation sites is 1. The number of hydrogen-bond acceptors (Lipinski definition) is 7. The Morgan fingerprint density at radius 1 is 1.31 bits per heavy atom. The van der Waals surface area contributed by atoms with Gasteiger partial charge in [-0.3, -0.25) is 14.5 Å². The maximum absolute atomic E-state index is 12.4.